The molecule has 6 heteroatoms. The lowest BCUT2D eigenvalue weighted by Crippen LogP contribution is -2.18. The predicted molar refractivity (Wildman–Crippen MR) is 81.6 cm³/mol. The molecule has 1 aliphatic carbocycles. The third-order valence-electron chi connectivity index (χ3n) is 4.03. The Labute approximate surface area is 124 Å². The van der Waals surface area contributed by atoms with Crippen LogP contribution in [0.1, 0.15) is 42.5 Å². The van der Waals surface area contributed by atoms with Crippen LogP contribution in [-0.2, 0) is 0 Å². The number of rotatable bonds is 6. The lowest BCUT2D eigenvalue weighted by molar-refractivity contribution is -0.384. The molecule has 0 heterocycles. The van der Waals surface area contributed by atoms with Crippen LogP contribution in [0.15, 0.2) is 18.2 Å². The molecule has 0 aliphatic heterocycles. The van der Waals surface area contributed by atoms with Crippen molar-refractivity contribution in [2.45, 2.75) is 32.1 Å². The molecule has 0 bridgehead atoms. The SMILES string of the molecule is CNC(=O)c1ccc(NCCC2CCCC2)c([N+](=O)[O-])c1. The van der Waals surface area contributed by atoms with Crippen molar-refractivity contribution in [3.8, 4) is 0 Å². The van der Waals surface area contributed by atoms with E-state index in [2.05, 4.69) is 10.6 Å². The molecule has 1 aromatic rings. The second-order valence-electron chi connectivity index (χ2n) is 5.43. The van der Waals surface area contributed by atoms with Crippen LogP contribution in [0.2, 0.25) is 0 Å². The Morgan fingerprint density at radius 2 is 2.10 bits per heavy atom. The summed E-state index contributed by atoms with van der Waals surface area (Å²) in [6, 6.07) is 4.53. The summed E-state index contributed by atoms with van der Waals surface area (Å²) in [5.41, 5.74) is 0.721. The first-order chi connectivity index (χ1) is 10.1. The van der Waals surface area contributed by atoms with E-state index in [0.717, 1.165) is 18.9 Å². The Kier molecular flexibility index (Phi) is 5.14. The zero-order valence-corrected chi connectivity index (χ0v) is 12.2. The number of hydrogen-bond donors (Lipinski definition) is 2. The largest absolute Gasteiger partial charge is 0.379 e. The van der Waals surface area contributed by atoms with Gasteiger partial charge in [-0.05, 0) is 24.5 Å². The van der Waals surface area contributed by atoms with E-state index in [0.29, 0.717) is 11.3 Å². The third kappa shape index (κ3) is 3.93. The van der Waals surface area contributed by atoms with Crippen molar-refractivity contribution in [1.29, 1.82) is 0 Å². The maximum Gasteiger partial charge on any atom is 0.293 e. The Morgan fingerprint density at radius 1 is 1.38 bits per heavy atom. The number of nitro groups is 1. The molecular weight excluding hydrogens is 270 g/mol. The van der Waals surface area contributed by atoms with Crippen molar-refractivity contribution < 1.29 is 9.72 Å². The van der Waals surface area contributed by atoms with Crippen molar-refractivity contribution >= 4 is 17.3 Å². The van der Waals surface area contributed by atoms with Gasteiger partial charge in [-0.3, -0.25) is 14.9 Å². The monoisotopic (exact) mass is 291 g/mol. The molecule has 1 aromatic carbocycles. The van der Waals surface area contributed by atoms with Crippen LogP contribution in [0.3, 0.4) is 0 Å². The lowest BCUT2D eigenvalue weighted by Gasteiger charge is -2.11. The van der Waals surface area contributed by atoms with Gasteiger partial charge >= 0.3 is 0 Å². The molecule has 2 N–H and O–H groups in total. The van der Waals surface area contributed by atoms with E-state index in [4.69, 9.17) is 0 Å². The fourth-order valence-corrected chi connectivity index (χ4v) is 2.83. The van der Waals surface area contributed by atoms with Crippen molar-refractivity contribution in [2.24, 2.45) is 5.92 Å². The molecular formula is C15H21N3O3. The van der Waals surface area contributed by atoms with E-state index in [-0.39, 0.29) is 11.6 Å². The van der Waals surface area contributed by atoms with Crippen LogP contribution in [0.5, 0.6) is 0 Å². The minimum atomic E-state index is -0.454. The van der Waals surface area contributed by atoms with E-state index in [1.807, 2.05) is 0 Å². The summed E-state index contributed by atoms with van der Waals surface area (Å²) >= 11 is 0. The van der Waals surface area contributed by atoms with Gasteiger partial charge in [0.15, 0.2) is 0 Å². The Balaban J connectivity index is 2.03. The minimum absolute atomic E-state index is 0.0532. The van der Waals surface area contributed by atoms with Crippen molar-refractivity contribution in [3.05, 3.63) is 33.9 Å². The fourth-order valence-electron chi connectivity index (χ4n) is 2.83. The van der Waals surface area contributed by atoms with Gasteiger partial charge in [0.05, 0.1) is 4.92 Å². The third-order valence-corrected chi connectivity index (χ3v) is 4.03. The quantitative estimate of drug-likeness (QED) is 0.623. The highest BCUT2D eigenvalue weighted by Gasteiger charge is 2.18. The Hall–Kier alpha value is -2.11. The molecule has 0 saturated heterocycles. The van der Waals surface area contributed by atoms with Gasteiger partial charge in [-0.2, -0.15) is 0 Å². The van der Waals surface area contributed by atoms with Gasteiger partial charge in [-0.15, -0.1) is 0 Å². The lowest BCUT2D eigenvalue weighted by atomic mass is 10.0. The maximum absolute atomic E-state index is 11.5. The standard InChI is InChI=1S/C15H21N3O3/c1-16-15(19)12-6-7-13(14(10-12)18(20)21)17-9-8-11-4-2-3-5-11/h6-7,10-11,17H,2-5,8-9H2,1H3,(H,16,19). The first-order valence-electron chi connectivity index (χ1n) is 7.36. The van der Waals surface area contributed by atoms with Crippen LogP contribution >= 0.6 is 0 Å². The average molecular weight is 291 g/mol. The van der Waals surface area contributed by atoms with Crippen LogP contribution < -0.4 is 10.6 Å². The molecule has 2 rings (SSSR count). The van der Waals surface area contributed by atoms with E-state index in [9.17, 15) is 14.9 Å². The summed E-state index contributed by atoms with van der Waals surface area (Å²) in [5, 5.41) is 16.7. The van der Waals surface area contributed by atoms with Gasteiger partial charge in [0.25, 0.3) is 11.6 Å². The minimum Gasteiger partial charge on any atom is -0.379 e. The zero-order valence-electron chi connectivity index (χ0n) is 12.2. The average Bonchev–Trinajstić information content (AvgIpc) is 2.99. The molecule has 1 aliphatic rings. The van der Waals surface area contributed by atoms with Crippen molar-refractivity contribution in [1.82, 2.24) is 5.32 Å². The highest BCUT2D eigenvalue weighted by atomic mass is 16.6. The normalized spacial score (nSPS) is 14.9. The van der Waals surface area contributed by atoms with Gasteiger partial charge in [0.1, 0.15) is 5.69 Å². The molecule has 0 unspecified atom stereocenters. The van der Waals surface area contributed by atoms with E-state index >= 15 is 0 Å². The summed E-state index contributed by atoms with van der Waals surface area (Å²) in [7, 11) is 1.50. The first kappa shape index (κ1) is 15.3. The summed E-state index contributed by atoms with van der Waals surface area (Å²) < 4.78 is 0. The first-order valence-corrected chi connectivity index (χ1v) is 7.36. The molecule has 0 radical (unpaired) electrons. The molecule has 0 spiro atoms. The zero-order chi connectivity index (χ0) is 15.2. The van der Waals surface area contributed by atoms with Gasteiger partial charge in [0, 0.05) is 25.2 Å². The second kappa shape index (κ2) is 7.06. The molecule has 114 valence electrons. The summed E-state index contributed by atoms with van der Waals surface area (Å²) in [4.78, 5) is 22.2. The number of carbonyl (C=O) groups excluding carboxylic acids is 1. The van der Waals surface area contributed by atoms with Crippen LogP contribution in [0.25, 0.3) is 0 Å². The van der Waals surface area contributed by atoms with E-state index in [1.54, 1.807) is 12.1 Å². The number of hydrogen-bond acceptors (Lipinski definition) is 4. The van der Waals surface area contributed by atoms with Gasteiger partial charge in [0.2, 0.25) is 0 Å². The number of nitro benzene ring substituents is 1. The number of nitrogens with one attached hydrogen (secondary N) is 2. The summed E-state index contributed by atoms with van der Waals surface area (Å²) in [5.74, 6) is 0.414. The van der Waals surface area contributed by atoms with E-state index in [1.165, 1.54) is 38.8 Å². The Morgan fingerprint density at radius 3 is 2.71 bits per heavy atom. The predicted octanol–water partition coefficient (Wildman–Crippen LogP) is 2.95. The summed E-state index contributed by atoms with van der Waals surface area (Å²) in [6.07, 6.45) is 6.16. The number of anilines is 1. The molecule has 1 fully saturated rings. The molecule has 21 heavy (non-hydrogen) atoms. The van der Waals surface area contributed by atoms with Crippen LogP contribution in [0.4, 0.5) is 11.4 Å². The number of benzene rings is 1. The molecule has 1 amide bonds. The van der Waals surface area contributed by atoms with Crippen LogP contribution in [0, 0.1) is 16.0 Å². The van der Waals surface area contributed by atoms with E-state index < -0.39 is 4.92 Å². The van der Waals surface area contributed by atoms with Gasteiger partial charge in [-0.1, -0.05) is 25.7 Å². The van der Waals surface area contributed by atoms with Crippen molar-refractivity contribution in [2.75, 3.05) is 18.9 Å². The molecule has 0 atom stereocenters. The maximum atomic E-state index is 11.5. The van der Waals surface area contributed by atoms with Gasteiger partial charge in [-0.25, -0.2) is 0 Å². The number of carbonyl (C=O) groups is 1. The molecule has 1 saturated carbocycles. The number of nitrogens with zero attached hydrogens (tertiary/aromatic N) is 1. The topological polar surface area (TPSA) is 84.3 Å². The molecule has 6 nitrogen and oxygen atoms in total. The highest BCUT2D eigenvalue weighted by Crippen LogP contribution is 2.29. The fraction of sp³-hybridized carbons (Fsp3) is 0.533. The summed E-state index contributed by atoms with van der Waals surface area (Å²) in [6.45, 7) is 0.727. The van der Waals surface area contributed by atoms with Crippen LogP contribution in [-0.4, -0.2) is 24.4 Å². The Bertz CT molecular complexity index is 525. The molecule has 0 aromatic heterocycles. The smallest absolute Gasteiger partial charge is 0.293 e. The van der Waals surface area contributed by atoms with Crippen molar-refractivity contribution in [3.63, 3.8) is 0 Å². The highest BCUT2D eigenvalue weighted by molar-refractivity contribution is 5.95. The van der Waals surface area contributed by atoms with Gasteiger partial charge < -0.3 is 10.6 Å². The second-order valence-corrected chi connectivity index (χ2v) is 5.43. The number of amides is 1.